The number of nitro groups is 1. The van der Waals surface area contributed by atoms with Crippen molar-refractivity contribution in [3.8, 4) is 0 Å². The number of benzene rings is 1. The molecule has 1 aromatic carbocycles. The van der Waals surface area contributed by atoms with Crippen LogP contribution in [-0.4, -0.2) is 30.0 Å². The number of rotatable bonds is 5. The highest BCUT2D eigenvalue weighted by molar-refractivity contribution is 5.66. The van der Waals surface area contributed by atoms with Gasteiger partial charge in [-0.3, -0.25) is 15.0 Å². The van der Waals surface area contributed by atoms with Gasteiger partial charge in [0, 0.05) is 25.7 Å². The standard InChI is InChI=1S/C13H19N3O2/c1-14-13-10(5-3-8-12(13)16(17)18)9-15(2)11-6-4-7-11/h3,5,8,11,14H,4,6-7,9H2,1-2H3. The summed E-state index contributed by atoms with van der Waals surface area (Å²) in [7, 11) is 3.82. The maximum atomic E-state index is 11.0. The first kappa shape index (κ1) is 12.8. The Morgan fingerprint density at radius 3 is 2.72 bits per heavy atom. The molecule has 1 saturated carbocycles. The second-order valence-electron chi connectivity index (χ2n) is 4.82. The van der Waals surface area contributed by atoms with E-state index >= 15 is 0 Å². The van der Waals surface area contributed by atoms with Crippen molar-refractivity contribution >= 4 is 11.4 Å². The van der Waals surface area contributed by atoms with Crippen molar-refractivity contribution in [3.05, 3.63) is 33.9 Å². The topological polar surface area (TPSA) is 58.4 Å². The Balaban J connectivity index is 2.20. The van der Waals surface area contributed by atoms with Gasteiger partial charge >= 0.3 is 0 Å². The number of anilines is 1. The van der Waals surface area contributed by atoms with Crippen LogP contribution in [0, 0.1) is 10.1 Å². The molecule has 1 N–H and O–H groups in total. The van der Waals surface area contributed by atoms with Crippen LogP contribution in [0.15, 0.2) is 18.2 Å². The van der Waals surface area contributed by atoms with Gasteiger partial charge in [-0.15, -0.1) is 0 Å². The lowest BCUT2D eigenvalue weighted by Gasteiger charge is -2.35. The summed E-state index contributed by atoms with van der Waals surface area (Å²) in [5.74, 6) is 0. The zero-order chi connectivity index (χ0) is 13.1. The van der Waals surface area contributed by atoms with Crippen LogP contribution in [0.2, 0.25) is 0 Å². The van der Waals surface area contributed by atoms with Gasteiger partial charge in [0.2, 0.25) is 0 Å². The summed E-state index contributed by atoms with van der Waals surface area (Å²) in [6, 6.07) is 5.88. The predicted octanol–water partition coefficient (Wildman–Crippen LogP) is 2.62. The Morgan fingerprint density at radius 1 is 1.50 bits per heavy atom. The van der Waals surface area contributed by atoms with E-state index in [2.05, 4.69) is 17.3 Å². The van der Waals surface area contributed by atoms with Crippen molar-refractivity contribution < 1.29 is 4.92 Å². The smallest absolute Gasteiger partial charge is 0.292 e. The molecule has 0 atom stereocenters. The van der Waals surface area contributed by atoms with Gasteiger partial charge in [-0.2, -0.15) is 0 Å². The van der Waals surface area contributed by atoms with Crippen LogP contribution in [0.5, 0.6) is 0 Å². The van der Waals surface area contributed by atoms with E-state index in [-0.39, 0.29) is 10.6 Å². The molecule has 0 bridgehead atoms. The molecule has 18 heavy (non-hydrogen) atoms. The summed E-state index contributed by atoms with van der Waals surface area (Å²) in [6.07, 6.45) is 3.77. The summed E-state index contributed by atoms with van der Waals surface area (Å²) >= 11 is 0. The number of nitrogens with one attached hydrogen (secondary N) is 1. The fourth-order valence-electron chi connectivity index (χ4n) is 2.38. The molecule has 1 aromatic rings. The number of hydrogen-bond donors (Lipinski definition) is 1. The van der Waals surface area contributed by atoms with E-state index in [1.807, 2.05) is 6.07 Å². The molecule has 0 unspecified atom stereocenters. The van der Waals surface area contributed by atoms with Gasteiger partial charge in [0.25, 0.3) is 5.69 Å². The molecule has 98 valence electrons. The molecule has 0 amide bonds. The summed E-state index contributed by atoms with van der Waals surface area (Å²) in [5.41, 5.74) is 1.77. The number of nitro benzene ring substituents is 1. The molecule has 0 heterocycles. The molecule has 0 spiro atoms. The Bertz CT molecular complexity index is 444. The van der Waals surface area contributed by atoms with E-state index in [4.69, 9.17) is 0 Å². The van der Waals surface area contributed by atoms with Crippen LogP contribution in [0.3, 0.4) is 0 Å². The third kappa shape index (κ3) is 2.46. The van der Waals surface area contributed by atoms with E-state index in [1.165, 1.54) is 19.3 Å². The SMILES string of the molecule is CNc1c(CN(C)C2CCC2)cccc1[N+](=O)[O-]. The van der Waals surface area contributed by atoms with Gasteiger partial charge in [-0.05, 0) is 25.5 Å². The van der Waals surface area contributed by atoms with Crippen LogP contribution in [0.4, 0.5) is 11.4 Å². The molecule has 0 saturated heterocycles. The highest BCUT2D eigenvalue weighted by Crippen LogP contribution is 2.31. The number of nitrogens with zero attached hydrogens (tertiary/aromatic N) is 2. The monoisotopic (exact) mass is 249 g/mol. The minimum absolute atomic E-state index is 0.150. The van der Waals surface area contributed by atoms with Gasteiger partial charge in [-0.25, -0.2) is 0 Å². The lowest BCUT2D eigenvalue weighted by atomic mass is 9.91. The van der Waals surface area contributed by atoms with Crippen LogP contribution in [-0.2, 0) is 6.54 Å². The van der Waals surface area contributed by atoms with Crippen molar-refractivity contribution in [1.29, 1.82) is 0 Å². The zero-order valence-corrected chi connectivity index (χ0v) is 10.8. The normalized spacial score (nSPS) is 15.5. The van der Waals surface area contributed by atoms with E-state index in [9.17, 15) is 10.1 Å². The third-order valence-corrected chi connectivity index (χ3v) is 3.69. The van der Waals surface area contributed by atoms with Gasteiger partial charge in [0.05, 0.1) is 4.92 Å². The van der Waals surface area contributed by atoms with Crippen molar-refractivity contribution in [3.63, 3.8) is 0 Å². The van der Waals surface area contributed by atoms with E-state index in [1.54, 1.807) is 19.2 Å². The Morgan fingerprint density at radius 2 is 2.22 bits per heavy atom. The highest BCUT2D eigenvalue weighted by Gasteiger charge is 2.24. The minimum atomic E-state index is -0.335. The van der Waals surface area contributed by atoms with Gasteiger partial charge in [-0.1, -0.05) is 18.6 Å². The summed E-state index contributed by atoms with van der Waals surface area (Å²) in [6.45, 7) is 0.752. The van der Waals surface area contributed by atoms with Gasteiger partial charge in [0.1, 0.15) is 5.69 Å². The highest BCUT2D eigenvalue weighted by atomic mass is 16.6. The maximum Gasteiger partial charge on any atom is 0.292 e. The zero-order valence-electron chi connectivity index (χ0n) is 10.8. The first-order valence-corrected chi connectivity index (χ1v) is 6.27. The van der Waals surface area contributed by atoms with Crippen molar-refractivity contribution in [2.24, 2.45) is 0 Å². The number of para-hydroxylation sites is 1. The van der Waals surface area contributed by atoms with E-state index in [0.717, 1.165) is 12.1 Å². The molecule has 1 fully saturated rings. The summed E-state index contributed by atoms with van der Waals surface area (Å²) < 4.78 is 0. The molecule has 1 aliphatic rings. The van der Waals surface area contributed by atoms with Crippen molar-refractivity contribution in [2.45, 2.75) is 31.8 Å². The first-order chi connectivity index (χ1) is 8.63. The quantitative estimate of drug-likeness (QED) is 0.643. The average Bonchev–Trinajstić information content (AvgIpc) is 2.26. The van der Waals surface area contributed by atoms with Crippen LogP contribution in [0.1, 0.15) is 24.8 Å². The molecule has 0 aliphatic heterocycles. The third-order valence-electron chi connectivity index (χ3n) is 3.69. The van der Waals surface area contributed by atoms with E-state index in [0.29, 0.717) is 11.7 Å². The van der Waals surface area contributed by atoms with Gasteiger partial charge < -0.3 is 5.32 Å². The van der Waals surface area contributed by atoms with E-state index < -0.39 is 0 Å². The molecule has 0 radical (unpaired) electrons. The molecule has 1 aliphatic carbocycles. The Labute approximate surface area is 107 Å². The predicted molar refractivity (Wildman–Crippen MR) is 71.7 cm³/mol. The van der Waals surface area contributed by atoms with Crippen molar-refractivity contribution in [2.75, 3.05) is 19.4 Å². The molecule has 5 nitrogen and oxygen atoms in total. The minimum Gasteiger partial charge on any atom is -0.382 e. The van der Waals surface area contributed by atoms with Gasteiger partial charge in [0.15, 0.2) is 0 Å². The Hall–Kier alpha value is -1.62. The van der Waals surface area contributed by atoms with Crippen LogP contribution >= 0.6 is 0 Å². The second kappa shape index (κ2) is 5.35. The second-order valence-corrected chi connectivity index (χ2v) is 4.82. The van der Waals surface area contributed by atoms with Crippen LogP contribution in [0.25, 0.3) is 0 Å². The summed E-state index contributed by atoms with van der Waals surface area (Å²) in [4.78, 5) is 12.9. The molecule has 2 rings (SSSR count). The van der Waals surface area contributed by atoms with Crippen molar-refractivity contribution in [1.82, 2.24) is 4.90 Å². The lowest BCUT2D eigenvalue weighted by Crippen LogP contribution is -2.36. The fourth-order valence-corrected chi connectivity index (χ4v) is 2.38. The van der Waals surface area contributed by atoms with Crippen LogP contribution < -0.4 is 5.32 Å². The molecular formula is C13H19N3O2. The first-order valence-electron chi connectivity index (χ1n) is 6.27. The number of hydrogen-bond acceptors (Lipinski definition) is 4. The molecular weight excluding hydrogens is 230 g/mol. The molecule has 0 aromatic heterocycles. The average molecular weight is 249 g/mol. The summed E-state index contributed by atoms with van der Waals surface area (Å²) in [5, 5.41) is 13.9. The largest absolute Gasteiger partial charge is 0.382 e. The molecule has 5 heteroatoms. The fraction of sp³-hybridized carbons (Fsp3) is 0.538. The Kier molecular flexibility index (Phi) is 3.81. The lowest BCUT2D eigenvalue weighted by molar-refractivity contribution is -0.384. The maximum absolute atomic E-state index is 11.0.